The van der Waals surface area contributed by atoms with Crippen LogP contribution in [0.1, 0.15) is 44.2 Å². The van der Waals surface area contributed by atoms with E-state index in [0.29, 0.717) is 5.92 Å². The Morgan fingerprint density at radius 1 is 1.25 bits per heavy atom. The molecular weight excluding hydrogens is 318 g/mol. The van der Waals surface area contributed by atoms with E-state index in [9.17, 15) is 0 Å². The number of rotatable bonds is 3. The van der Waals surface area contributed by atoms with Crippen LogP contribution >= 0.6 is 11.6 Å². The smallest absolute Gasteiger partial charge is 0.0561 e. The first-order valence-corrected chi connectivity index (χ1v) is 8.68. The Morgan fingerprint density at radius 2 is 1.96 bits per heavy atom. The Bertz CT molecular complexity index is 753. The van der Waals surface area contributed by atoms with Gasteiger partial charge in [-0.1, -0.05) is 36.7 Å². The number of halogens is 1. The molecule has 0 saturated carbocycles. The van der Waals surface area contributed by atoms with Gasteiger partial charge in [0, 0.05) is 23.8 Å². The molecule has 3 rings (SSSR count). The fraction of sp³-hybridized carbons (Fsp3) is 0.350. The molecule has 0 spiro atoms. The number of para-hydroxylation sites is 1. The van der Waals surface area contributed by atoms with Gasteiger partial charge in [-0.15, -0.1) is 0 Å². The Kier molecular flexibility index (Phi) is 4.55. The van der Waals surface area contributed by atoms with Crippen LogP contribution in [0.4, 0.5) is 11.4 Å². The van der Waals surface area contributed by atoms with Gasteiger partial charge >= 0.3 is 0 Å². The minimum atomic E-state index is 0.139. The maximum atomic E-state index is 6.50. The number of hydrogen-bond donors (Lipinski definition) is 1. The highest BCUT2D eigenvalue weighted by Crippen LogP contribution is 2.44. The van der Waals surface area contributed by atoms with Crippen molar-refractivity contribution in [1.82, 2.24) is 0 Å². The normalized spacial score (nSPS) is 19.4. The molecule has 1 aliphatic heterocycles. The van der Waals surface area contributed by atoms with E-state index in [1.807, 2.05) is 30.3 Å². The summed E-state index contributed by atoms with van der Waals surface area (Å²) in [5.74, 6) is 0.498. The predicted octanol–water partition coefficient (Wildman–Crippen LogP) is 5.51. The van der Waals surface area contributed by atoms with Gasteiger partial charge in [0.15, 0.2) is 0 Å². The quantitative estimate of drug-likeness (QED) is 0.589. The molecule has 1 heterocycles. The lowest BCUT2D eigenvalue weighted by atomic mass is 9.80. The third kappa shape index (κ3) is 3.27. The molecule has 0 unspecified atom stereocenters. The average Bonchev–Trinajstić information content (AvgIpc) is 2.54. The standard InChI is InChI=1S/C20H24ClN3/c1-14-12-20(2,3)24(4)19-11-18(21)15(10-17(14)19)13-22-23-16-8-6-5-7-9-16/h5-11,13-14,23H,12H2,1-4H3/b22-13-/t14-/m1/s1. The monoisotopic (exact) mass is 341 g/mol. The van der Waals surface area contributed by atoms with E-state index in [4.69, 9.17) is 11.6 Å². The summed E-state index contributed by atoms with van der Waals surface area (Å²) in [6.45, 7) is 6.84. The van der Waals surface area contributed by atoms with Gasteiger partial charge in [-0.25, -0.2) is 0 Å². The third-order valence-electron chi connectivity index (χ3n) is 4.92. The molecule has 0 aromatic heterocycles. The third-order valence-corrected chi connectivity index (χ3v) is 5.25. The van der Waals surface area contributed by atoms with E-state index in [-0.39, 0.29) is 5.54 Å². The second kappa shape index (κ2) is 6.48. The molecule has 0 radical (unpaired) electrons. The van der Waals surface area contributed by atoms with Gasteiger partial charge in [-0.05, 0) is 56.0 Å². The highest BCUT2D eigenvalue weighted by atomic mass is 35.5. The van der Waals surface area contributed by atoms with Crippen molar-refractivity contribution < 1.29 is 0 Å². The number of hydrogen-bond acceptors (Lipinski definition) is 3. The van der Waals surface area contributed by atoms with Crippen LogP contribution in [0.2, 0.25) is 5.02 Å². The lowest BCUT2D eigenvalue weighted by Gasteiger charge is -2.45. The highest BCUT2D eigenvalue weighted by molar-refractivity contribution is 6.33. The second-order valence-corrected chi connectivity index (χ2v) is 7.55. The van der Waals surface area contributed by atoms with Crippen LogP contribution in [0.3, 0.4) is 0 Å². The van der Waals surface area contributed by atoms with E-state index in [2.05, 4.69) is 55.4 Å². The molecule has 4 heteroatoms. The number of nitrogens with one attached hydrogen (secondary N) is 1. The number of benzene rings is 2. The summed E-state index contributed by atoms with van der Waals surface area (Å²) in [4.78, 5) is 2.33. The molecule has 126 valence electrons. The summed E-state index contributed by atoms with van der Waals surface area (Å²) in [6, 6.07) is 14.1. The van der Waals surface area contributed by atoms with Crippen molar-refractivity contribution in [2.45, 2.75) is 38.6 Å². The van der Waals surface area contributed by atoms with Gasteiger partial charge in [-0.2, -0.15) is 5.10 Å². The zero-order valence-electron chi connectivity index (χ0n) is 14.7. The largest absolute Gasteiger partial charge is 0.369 e. The molecule has 1 N–H and O–H groups in total. The van der Waals surface area contributed by atoms with Gasteiger partial charge in [0.2, 0.25) is 0 Å². The molecule has 0 fully saturated rings. The van der Waals surface area contributed by atoms with Gasteiger partial charge in [0.05, 0.1) is 16.9 Å². The van der Waals surface area contributed by atoms with E-state index in [1.54, 1.807) is 6.21 Å². The number of anilines is 2. The van der Waals surface area contributed by atoms with Crippen molar-refractivity contribution in [2.24, 2.45) is 5.10 Å². The van der Waals surface area contributed by atoms with Crippen LogP contribution in [0.15, 0.2) is 47.6 Å². The van der Waals surface area contributed by atoms with Crippen molar-refractivity contribution in [3.63, 3.8) is 0 Å². The first-order chi connectivity index (χ1) is 11.4. The molecule has 2 aromatic carbocycles. The molecule has 3 nitrogen and oxygen atoms in total. The number of nitrogens with zero attached hydrogens (tertiary/aromatic N) is 2. The van der Waals surface area contributed by atoms with Crippen molar-refractivity contribution in [2.75, 3.05) is 17.4 Å². The Balaban J connectivity index is 1.88. The van der Waals surface area contributed by atoms with Crippen LogP contribution in [0, 0.1) is 0 Å². The first kappa shape index (κ1) is 16.8. The summed E-state index contributed by atoms with van der Waals surface area (Å²) in [5, 5.41) is 5.05. The number of fused-ring (bicyclic) bond motifs is 1. The molecule has 1 aliphatic rings. The lowest BCUT2D eigenvalue weighted by Crippen LogP contribution is -2.45. The van der Waals surface area contributed by atoms with Crippen LogP contribution in [0.5, 0.6) is 0 Å². The maximum absolute atomic E-state index is 6.50. The van der Waals surface area contributed by atoms with Gasteiger partial charge in [-0.3, -0.25) is 5.43 Å². The van der Waals surface area contributed by atoms with Gasteiger partial charge in [0.25, 0.3) is 0 Å². The summed E-state index contributed by atoms with van der Waals surface area (Å²) in [7, 11) is 2.14. The second-order valence-electron chi connectivity index (χ2n) is 7.15. The van der Waals surface area contributed by atoms with Crippen LogP contribution in [0.25, 0.3) is 0 Å². The molecule has 0 bridgehead atoms. The first-order valence-electron chi connectivity index (χ1n) is 8.30. The van der Waals surface area contributed by atoms with Gasteiger partial charge in [0.1, 0.15) is 0 Å². The SMILES string of the molecule is C[C@@H]1CC(C)(C)N(C)c2cc(Cl)c(/C=N\Nc3ccccc3)cc21. The molecule has 0 amide bonds. The van der Waals surface area contributed by atoms with Crippen molar-refractivity contribution >= 4 is 29.2 Å². The fourth-order valence-corrected chi connectivity index (χ4v) is 3.60. The van der Waals surface area contributed by atoms with E-state index in [0.717, 1.165) is 22.7 Å². The summed E-state index contributed by atoms with van der Waals surface area (Å²) in [6.07, 6.45) is 2.92. The Hall–Kier alpha value is -2.00. The molecule has 1 atom stereocenters. The fourth-order valence-electron chi connectivity index (χ4n) is 3.39. The topological polar surface area (TPSA) is 27.6 Å². The van der Waals surface area contributed by atoms with Crippen LogP contribution in [-0.2, 0) is 0 Å². The molecule has 0 aliphatic carbocycles. The van der Waals surface area contributed by atoms with E-state index in [1.165, 1.54) is 11.3 Å². The zero-order valence-corrected chi connectivity index (χ0v) is 15.4. The average molecular weight is 342 g/mol. The Morgan fingerprint density at radius 3 is 2.67 bits per heavy atom. The molecule has 24 heavy (non-hydrogen) atoms. The van der Waals surface area contributed by atoms with Crippen LogP contribution in [-0.4, -0.2) is 18.8 Å². The van der Waals surface area contributed by atoms with Gasteiger partial charge < -0.3 is 4.90 Å². The predicted molar refractivity (Wildman–Crippen MR) is 105 cm³/mol. The molecule has 0 saturated heterocycles. The lowest BCUT2D eigenvalue weighted by molar-refractivity contribution is 0.395. The van der Waals surface area contributed by atoms with Crippen molar-refractivity contribution in [3.05, 3.63) is 58.6 Å². The maximum Gasteiger partial charge on any atom is 0.0561 e. The molecule has 2 aromatic rings. The summed E-state index contributed by atoms with van der Waals surface area (Å²) < 4.78 is 0. The minimum Gasteiger partial charge on any atom is -0.369 e. The van der Waals surface area contributed by atoms with Crippen LogP contribution < -0.4 is 10.3 Å². The summed E-state index contributed by atoms with van der Waals surface area (Å²) in [5.41, 5.74) is 7.63. The minimum absolute atomic E-state index is 0.139. The number of hydrazone groups is 1. The van der Waals surface area contributed by atoms with Crippen molar-refractivity contribution in [1.29, 1.82) is 0 Å². The molecular formula is C20H24ClN3. The van der Waals surface area contributed by atoms with Crippen molar-refractivity contribution in [3.8, 4) is 0 Å². The highest BCUT2D eigenvalue weighted by Gasteiger charge is 2.34. The Labute approximate surface area is 149 Å². The van der Waals surface area contributed by atoms with E-state index < -0.39 is 0 Å². The summed E-state index contributed by atoms with van der Waals surface area (Å²) >= 11 is 6.50. The zero-order chi connectivity index (χ0) is 17.3. The van der Waals surface area contributed by atoms with E-state index >= 15 is 0 Å².